The summed E-state index contributed by atoms with van der Waals surface area (Å²) in [7, 11) is 2.61. The fourth-order valence-corrected chi connectivity index (χ4v) is 2.88. The molecule has 0 aromatic heterocycles. The van der Waals surface area contributed by atoms with Crippen LogP contribution in [0.3, 0.4) is 0 Å². The first-order valence-electron chi connectivity index (χ1n) is 8.29. The van der Waals surface area contributed by atoms with Crippen LogP contribution >= 0.6 is 15.9 Å². The Morgan fingerprint density at radius 1 is 1.14 bits per heavy atom. The third kappa shape index (κ3) is 5.16. The lowest BCUT2D eigenvalue weighted by Gasteiger charge is -2.12. The first-order valence-corrected chi connectivity index (χ1v) is 9.08. The largest absolute Gasteiger partial charge is 0.464 e. The van der Waals surface area contributed by atoms with Gasteiger partial charge in [0.2, 0.25) is 0 Å². The summed E-state index contributed by atoms with van der Waals surface area (Å²) in [6, 6.07) is 9.95. The second-order valence-corrected chi connectivity index (χ2v) is 6.71. The first kappa shape index (κ1) is 21.6. The van der Waals surface area contributed by atoms with Gasteiger partial charge in [0.05, 0.1) is 12.8 Å². The lowest BCUT2D eigenvalue weighted by atomic mass is 9.99. The van der Waals surface area contributed by atoms with Gasteiger partial charge in [0.1, 0.15) is 19.5 Å². The number of rotatable bonds is 7. The summed E-state index contributed by atoms with van der Waals surface area (Å²) in [4.78, 5) is 22.3. The number of methoxy groups -OCH3 is 1. The minimum Gasteiger partial charge on any atom is -0.464 e. The van der Waals surface area contributed by atoms with Crippen molar-refractivity contribution < 1.29 is 23.6 Å². The number of oxime groups is 2. The summed E-state index contributed by atoms with van der Waals surface area (Å²) in [5.41, 5.74) is 2.80. The van der Waals surface area contributed by atoms with Crippen LogP contribution in [0.1, 0.15) is 29.2 Å². The quantitative estimate of drug-likeness (QED) is 0.357. The molecule has 0 atom stereocenters. The lowest BCUT2D eigenvalue weighted by molar-refractivity contribution is -0.132. The standard InChI is InChI=1S/C20H20BrFN2O4/c1-12-6-5-7-15(19(24-27-4)20(25)26-3)17(12)11-28-23-13(2)16-10-14(21)8-9-18(16)22/h5-10H,11H2,1-4H3/b23-13+,24-19+. The van der Waals surface area contributed by atoms with Crippen molar-refractivity contribution in [3.63, 3.8) is 0 Å². The van der Waals surface area contributed by atoms with Crippen LogP contribution in [-0.4, -0.2) is 31.6 Å². The highest BCUT2D eigenvalue weighted by Crippen LogP contribution is 2.19. The molecule has 8 heteroatoms. The SMILES string of the molecule is CO/N=C(/C(=O)OC)c1cccc(C)c1CO/N=C(\C)c1cc(Br)ccc1F. The van der Waals surface area contributed by atoms with Crippen molar-refractivity contribution in [2.75, 3.05) is 14.2 Å². The van der Waals surface area contributed by atoms with Crippen molar-refractivity contribution in [2.45, 2.75) is 20.5 Å². The Labute approximate surface area is 171 Å². The van der Waals surface area contributed by atoms with Crippen LogP contribution in [0, 0.1) is 12.7 Å². The van der Waals surface area contributed by atoms with E-state index in [9.17, 15) is 9.18 Å². The molecule has 6 nitrogen and oxygen atoms in total. The van der Waals surface area contributed by atoms with Crippen molar-refractivity contribution >= 4 is 33.3 Å². The molecule has 0 bridgehead atoms. The number of ether oxygens (including phenoxy) is 1. The predicted octanol–water partition coefficient (Wildman–Crippen LogP) is 4.36. The zero-order valence-electron chi connectivity index (χ0n) is 16.0. The molecule has 0 heterocycles. The molecule has 2 aromatic carbocycles. The fourth-order valence-electron chi connectivity index (χ4n) is 2.52. The monoisotopic (exact) mass is 450 g/mol. The molecule has 0 saturated carbocycles. The Balaban J connectivity index is 2.31. The normalized spacial score (nSPS) is 11.9. The third-order valence-electron chi connectivity index (χ3n) is 3.96. The van der Waals surface area contributed by atoms with Crippen LogP contribution in [0.2, 0.25) is 0 Å². The van der Waals surface area contributed by atoms with Gasteiger partial charge in [-0.1, -0.05) is 44.4 Å². The molecule has 2 rings (SSSR count). The van der Waals surface area contributed by atoms with Crippen LogP contribution in [0.4, 0.5) is 4.39 Å². The van der Waals surface area contributed by atoms with Crippen LogP contribution in [-0.2, 0) is 25.8 Å². The predicted molar refractivity (Wildman–Crippen MR) is 108 cm³/mol. The first-order chi connectivity index (χ1) is 13.4. The minimum atomic E-state index is -0.635. The Kier molecular flexibility index (Phi) is 7.69. The lowest BCUT2D eigenvalue weighted by Crippen LogP contribution is -2.20. The van der Waals surface area contributed by atoms with Gasteiger partial charge in [-0.25, -0.2) is 9.18 Å². The maximum Gasteiger partial charge on any atom is 0.360 e. The second kappa shape index (κ2) is 9.98. The number of hydrogen-bond acceptors (Lipinski definition) is 6. The maximum absolute atomic E-state index is 14.0. The average Bonchev–Trinajstić information content (AvgIpc) is 2.68. The molecule has 0 radical (unpaired) electrons. The van der Waals surface area contributed by atoms with Gasteiger partial charge in [-0.15, -0.1) is 0 Å². The zero-order valence-corrected chi connectivity index (χ0v) is 17.5. The van der Waals surface area contributed by atoms with Gasteiger partial charge in [0.15, 0.2) is 5.71 Å². The van der Waals surface area contributed by atoms with Gasteiger partial charge >= 0.3 is 5.97 Å². The highest BCUT2D eigenvalue weighted by Gasteiger charge is 2.20. The van der Waals surface area contributed by atoms with Crippen molar-refractivity contribution in [3.8, 4) is 0 Å². The van der Waals surface area contributed by atoms with E-state index < -0.39 is 11.8 Å². The van der Waals surface area contributed by atoms with Crippen molar-refractivity contribution in [3.05, 3.63) is 68.9 Å². The number of halogens is 2. The minimum absolute atomic E-state index is 0.0195. The van der Waals surface area contributed by atoms with E-state index in [-0.39, 0.29) is 12.3 Å². The van der Waals surface area contributed by atoms with Crippen LogP contribution in [0.15, 0.2) is 51.2 Å². The molecule has 28 heavy (non-hydrogen) atoms. The molecule has 0 amide bonds. The molecule has 0 aliphatic heterocycles. The molecule has 2 aromatic rings. The van der Waals surface area contributed by atoms with Gasteiger partial charge < -0.3 is 14.4 Å². The molecule has 148 valence electrons. The van der Waals surface area contributed by atoms with Gasteiger partial charge in [-0.2, -0.15) is 0 Å². The smallest absolute Gasteiger partial charge is 0.360 e. The van der Waals surface area contributed by atoms with Gasteiger partial charge in [0.25, 0.3) is 0 Å². The summed E-state index contributed by atoms with van der Waals surface area (Å²) in [5, 5.41) is 7.79. The molecular formula is C20H20BrFN2O4. The molecule has 0 spiro atoms. The number of benzene rings is 2. The van der Waals surface area contributed by atoms with E-state index in [1.807, 2.05) is 13.0 Å². The van der Waals surface area contributed by atoms with Gasteiger partial charge in [0, 0.05) is 21.2 Å². The average molecular weight is 451 g/mol. The number of carbonyl (C=O) groups is 1. The summed E-state index contributed by atoms with van der Waals surface area (Å²) >= 11 is 3.31. The number of hydrogen-bond donors (Lipinski definition) is 0. The fraction of sp³-hybridized carbons (Fsp3) is 0.250. The van der Waals surface area contributed by atoms with Crippen molar-refractivity contribution in [1.29, 1.82) is 0 Å². The second-order valence-electron chi connectivity index (χ2n) is 5.79. The van der Waals surface area contributed by atoms with E-state index in [0.717, 1.165) is 10.0 Å². The molecule has 0 N–H and O–H groups in total. The highest BCUT2D eigenvalue weighted by atomic mass is 79.9. The van der Waals surface area contributed by atoms with E-state index in [1.165, 1.54) is 20.3 Å². The number of carbonyl (C=O) groups excluding carboxylic acids is 1. The molecule has 0 fully saturated rings. The van der Waals surface area contributed by atoms with Crippen molar-refractivity contribution in [2.24, 2.45) is 10.3 Å². The summed E-state index contributed by atoms with van der Waals surface area (Å²) in [5.74, 6) is -1.03. The zero-order chi connectivity index (χ0) is 20.7. The van der Waals surface area contributed by atoms with Gasteiger partial charge in [-0.05, 0) is 37.6 Å². The van der Waals surface area contributed by atoms with E-state index in [0.29, 0.717) is 22.4 Å². The summed E-state index contributed by atoms with van der Waals surface area (Å²) in [6.07, 6.45) is 0. The molecule has 0 aliphatic rings. The third-order valence-corrected chi connectivity index (χ3v) is 4.45. The maximum atomic E-state index is 14.0. The Bertz CT molecular complexity index is 928. The van der Waals surface area contributed by atoms with E-state index in [1.54, 1.807) is 31.2 Å². The Morgan fingerprint density at radius 2 is 1.89 bits per heavy atom. The highest BCUT2D eigenvalue weighted by molar-refractivity contribution is 9.10. The van der Waals surface area contributed by atoms with Crippen molar-refractivity contribution in [1.82, 2.24) is 0 Å². The van der Waals surface area contributed by atoms with Crippen LogP contribution in [0.25, 0.3) is 0 Å². The van der Waals surface area contributed by atoms with E-state index in [4.69, 9.17) is 14.4 Å². The number of nitrogens with zero attached hydrogens (tertiary/aromatic N) is 2. The molecule has 0 unspecified atom stereocenters. The Hall–Kier alpha value is -2.74. The van der Waals surface area contributed by atoms with Gasteiger partial charge in [-0.3, -0.25) is 0 Å². The molecular weight excluding hydrogens is 431 g/mol. The summed E-state index contributed by atoms with van der Waals surface area (Å²) < 4.78 is 19.5. The van der Waals surface area contributed by atoms with Crippen LogP contribution < -0.4 is 0 Å². The molecule has 0 aliphatic carbocycles. The number of esters is 1. The summed E-state index contributed by atoms with van der Waals surface area (Å²) in [6.45, 7) is 3.57. The van der Waals surface area contributed by atoms with E-state index >= 15 is 0 Å². The Morgan fingerprint density at radius 3 is 2.57 bits per heavy atom. The molecule has 0 saturated heterocycles. The van der Waals surface area contributed by atoms with E-state index in [2.05, 4.69) is 26.2 Å². The van der Waals surface area contributed by atoms with Crippen LogP contribution in [0.5, 0.6) is 0 Å². The number of aryl methyl sites for hydroxylation is 1. The topological polar surface area (TPSA) is 69.5 Å².